The van der Waals surface area contributed by atoms with Gasteiger partial charge in [-0.3, -0.25) is 9.78 Å². The van der Waals surface area contributed by atoms with E-state index in [0.29, 0.717) is 5.69 Å². The van der Waals surface area contributed by atoms with Gasteiger partial charge in [-0.25, -0.2) is 0 Å². The third kappa shape index (κ3) is 1.61. The molecular formula is C15H13N3O. The van der Waals surface area contributed by atoms with E-state index in [-0.39, 0.29) is 0 Å². The van der Waals surface area contributed by atoms with Gasteiger partial charge in [0.2, 0.25) is 0 Å². The van der Waals surface area contributed by atoms with Crippen molar-refractivity contribution in [3.05, 3.63) is 65.6 Å². The van der Waals surface area contributed by atoms with E-state index in [1.165, 1.54) is 0 Å². The second-order valence-corrected chi connectivity index (χ2v) is 4.45. The van der Waals surface area contributed by atoms with Crippen LogP contribution in [0.3, 0.4) is 0 Å². The number of rotatable bonds is 2. The van der Waals surface area contributed by atoms with Crippen molar-refractivity contribution in [3.8, 4) is 0 Å². The number of carbonyl (C=O) groups is 1. The predicted molar refractivity (Wildman–Crippen MR) is 74.1 cm³/mol. The monoisotopic (exact) mass is 251 g/mol. The van der Waals surface area contributed by atoms with E-state index in [0.717, 1.165) is 23.0 Å². The van der Waals surface area contributed by atoms with E-state index in [9.17, 15) is 4.79 Å². The number of benzene rings is 1. The molecule has 2 aromatic rings. The van der Waals surface area contributed by atoms with Gasteiger partial charge in [0.1, 0.15) is 5.54 Å². The van der Waals surface area contributed by atoms with Crippen LogP contribution in [-0.2, 0) is 10.3 Å². The van der Waals surface area contributed by atoms with Gasteiger partial charge < -0.3 is 11.1 Å². The summed E-state index contributed by atoms with van der Waals surface area (Å²) in [5.41, 5.74) is 8.15. The predicted octanol–water partition coefficient (Wildman–Crippen LogP) is 1.68. The summed E-state index contributed by atoms with van der Waals surface area (Å²) in [5.74, 6) is 0. The summed E-state index contributed by atoms with van der Waals surface area (Å²) in [5, 5.41) is 3.13. The maximum Gasteiger partial charge on any atom is 0.154 e. The Bertz CT molecular complexity index is 666. The van der Waals surface area contributed by atoms with E-state index >= 15 is 0 Å². The molecule has 1 aromatic heterocycles. The molecule has 19 heavy (non-hydrogen) atoms. The minimum Gasteiger partial charge on any atom is -0.398 e. The molecule has 2 heterocycles. The highest BCUT2D eigenvalue weighted by atomic mass is 16.1. The Morgan fingerprint density at radius 3 is 2.84 bits per heavy atom. The first-order valence-electron chi connectivity index (χ1n) is 5.98. The van der Waals surface area contributed by atoms with Gasteiger partial charge in [-0.1, -0.05) is 18.2 Å². The van der Waals surface area contributed by atoms with Crippen molar-refractivity contribution in [2.45, 2.75) is 5.54 Å². The SMILES string of the molecule is Nc1ccccc1C1(C=O)NC=Cc2ccncc21. The number of aldehydes is 1. The number of nitrogens with one attached hydrogen (secondary N) is 1. The number of pyridine rings is 1. The summed E-state index contributed by atoms with van der Waals surface area (Å²) in [6, 6.07) is 9.24. The van der Waals surface area contributed by atoms with Crippen molar-refractivity contribution in [1.82, 2.24) is 10.3 Å². The topological polar surface area (TPSA) is 68.0 Å². The van der Waals surface area contributed by atoms with Gasteiger partial charge in [-0.05, 0) is 30.0 Å². The molecule has 1 aromatic carbocycles. The Hall–Kier alpha value is -2.62. The van der Waals surface area contributed by atoms with E-state index < -0.39 is 5.54 Å². The van der Waals surface area contributed by atoms with Crippen LogP contribution in [0.1, 0.15) is 16.7 Å². The lowest BCUT2D eigenvalue weighted by atomic mass is 9.80. The fourth-order valence-electron chi connectivity index (χ4n) is 2.46. The number of fused-ring (bicyclic) bond motifs is 1. The number of nitrogens with zero attached hydrogens (tertiary/aromatic N) is 1. The van der Waals surface area contributed by atoms with Crippen LogP contribution in [0.25, 0.3) is 6.08 Å². The number of anilines is 1. The molecular weight excluding hydrogens is 238 g/mol. The second kappa shape index (κ2) is 4.24. The molecule has 0 fully saturated rings. The van der Waals surface area contributed by atoms with Crippen LogP contribution in [0, 0.1) is 0 Å². The van der Waals surface area contributed by atoms with Crippen LogP contribution in [0.5, 0.6) is 0 Å². The zero-order chi connectivity index (χ0) is 13.3. The lowest BCUT2D eigenvalue weighted by molar-refractivity contribution is -0.112. The average Bonchev–Trinajstić information content (AvgIpc) is 2.47. The zero-order valence-electron chi connectivity index (χ0n) is 10.2. The molecule has 3 N–H and O–H groups in total. The summed E-state index contributed by atoms with van der Waals surface area (Å²) < 4.78 is 0. The quantitative estimate of drug-likeness (QED) is 0.629. The molecule has 0 saturated carbocycles. The van der Waals surface area contributed by atoms with Crippen molar-refractivity contribution < 1.29 is 4.79 Å². The van der Waals surface area contributed by atoms with Gasteiger partial charge in [0.05, 0.1) is 0 Å². The van der Waals surface area contributed by atoms with Gasteiger partial charge in [0.15, 0.2) is 6.29 Å². The molecule has 0 aliphatic carbocycles. The van der Waals surface area contributed by atoms with Crippen LogP contribution >= 0.6 is 0 Å². The van der Waals surface area contributed by atoms with E-state index in [2.05, 4.69) is 10.3 Å². The lowest BCUT2D eigenvalue weighted by Gasteiger charge is -2.34. The third-order valence-corrected chi connectivity index (χ3v) is 3.42. The van der Waals surface area contributed by atoms with Crippen molar-refractivity contribution in [2.75, 3.05) is 5.73 Å². The molecule has 0 spiro atoms. The third-order valence-electron chi connectivity index (χ3n) is 3.42. The first kappa shape index (κ1) is 11.5. The molecule has 1 aliphatic rings. The van der Waals surface area contributed by atoms with Gasteiger partial charge in [-0.2, -0.15) is 0 Å². The smallest absolute Gasteiger partial charge is 0.154 e. The van der Waals surface area contributed by atoms with Crippen molar-refractivity contribution >= 4 is 18.0 Å². The number of carbonyl (C=O) groups excluding carboxylic acids is 1. The molecule has 0 bridgehead atoms. The Kier molecular flexibility index (Phi) is 2.56. The number of hydrogen-bond acceptors (Lipinski definition) is 4. The Morgan fingerprint density at radius 1 is 1.21 bits per heavy atom. The average molecular weight is 251 g/mol. The molecule has 0 amide bonds. The maximum absolute atomic E-state index is 11.8. The summed E-state index contributed by atoms with van der Waals surface area (Å²) in [6.07, 6.45) is 7.97. The maximum atomic E-state index is 11.8. The second-order valence-electron chi connectivity index (χ2n) is 4.45. The highest BCUT2D eigenvalue weighted by Gasteiger charge is 2.38. The van der Waals surface area contributed by atoms with Gasteiger partial charge in [-0.15, -0.1) is 0 Å². The normalized spacial score (nSPS) is 20.4. The van der Waals surface area contributed by atoms with Crippen LogP contribution in [0.4, 0.5) is 5.69 Å². The van der Waals surface area contributed by atoms with Crippen molar-refractivity contribution in [1.29, 1.82) is 0 Å². The molecule has 1 aliphatic heterocycles. The first-order valence-corrected chi connectivity index (χ1v) is 5.98. The summed E-state index contributed by atoms with van der Waals surface area (Å²) in [4.78, 5) is 15.9. The summed E-state index contributed by atoms with van der Waals surface area (Å²) in [7, 11) is 0. The van der Waals surface area contributed by atoms with Crippen molar-refractivity contribution in [2.24, 2.45) is 0 Å². The van der Waals surface area contributed by atoms with E-state index in [1.54, 1.807) is 24.7 Å². The zero-order valence-corrected chi connectivity index (χ0v) is 10.2. The molecule has 0 radical (unpaired) electrons. The minimum atomic E-state index is -0.969. The fourth-order valence-corrected chi connectivity index (χ4v) is 2.46. The van der Waals surface area contributed by atoms with Gasteiger partial charge >= 0.3 is 0 Å². The number of hydrogen-bond donors (Lipinski definition) is 2. The molecule has 1 atom stereocenters. The van der Waals surface area contributed by atoms with Gasteiger partial charge in [0, 0.05) is 29.2 Å². The molecule has 3 rings (SSSR count). The molecule has 94 valence electrons. The Balaban J connectivity index is 2.29. The summed E-state index contributed by atoms with van der Waals surface area (Å²) >= 11 is 0. The number of nitrogens with two attached hydrogens (primary N) is 1. The number of aromatic nitrogens is 1. The first-order chi connectivity index (χ1) is 9.28. The van der Waals surface area contributed by atoms with Crippen molar-refractivity contribution in [3.63, 3.8) is 0 Å². The summed E-state index contributed by atoms with van der Waals surface area (Å²) in [6.45, 7) is 0. The Morgan fingerprint density at radius 2 is 2.05 bits per heavy atom. The standard InChI is InChI=1S/C15H13N3O/c16-14-4-2-1-3-12(14)15(10-19)13-9-17-7-5-11(13)6-8-18-15/h1-10,18H,16H2. The lowest BCUT2D eigenvalue weighted by Crippen LogP contribution is -2.44. The van der Waals surface area contributed by atoms with E-state index in [1.807, 2.05) is 30.3 Å². The molecule has 4 nitrogen and oxygen atoms in total. The highest BCUT2D eigenvalue weighted by Crippen LogP contribution is 2.35. The minimum absolute atomic E-state index is 0.576. The number of nitrogen functional groups attached to an aromatic ring is 1. The van der Waals surface area contributed by atoms with Gasteiger partial charge in [0.25, 0.3) is 0 Å². The van der Waals surface area contributed by atoms with Crippen LogP contribution in [0.15, 0.2) is 48.9 Å². The van der Waals surface area contributed by atoms with Crippen LogP contribution in [0.2, 0.25) is 0 Å². The number of para-hydroxylation sites is 1. The Labute approximate surface area is 111 Å². The molecule has 1 unspecified atom stereocenters. The fraction of sp³-hybridized carbons (Fsp3) is 0.0667. The largest absolute Gasteiger partial charge is 0.398 e. The molecule has 4 heteroatoms. The van der Waals surface area contributed by atoms with Crippen LogP contribution < -0.4 is 11.1 Å². The van der Waals surface area contributed by atoms with Crippen LogP contribution in [-0.4, -0.2) is 11.3 Å². The molecule has 0 saturated heterocycles. The highest BCUT2D eigenvalue weighted by molar-refractivity contribution is 5.82. The van der Waals surface area contributed by atoms with E-state index in [4.69, 9.17) is 5.73 Å².